The highest BCUT2D eigenvalue weighted by Crippen LogP contribution is 2.34. The summed E-state index contributed by atoms with van der Waals surface area (Å²) >= 11 is 0. The first-order valence-electron chi connectivity index (χ1n) is 9.99. The monoisotopic (exact) mass is 421 g/mol. The predicted molar refractivity (Wildman–Crippen MR) is 114 cm³/mol. The highest BCUT2D eigenvalue weighted by atomic mass is 16.7. The molecule has 0 aliphatic carbocycles. The zero-order valence-electron chi connectivity index (χ0n) is 17.5. The van der Waals surface area contributed by atoms with Gasteiger partial charge >= 0.3 is 5.97 Å². The van der Waals surface area contributed by atoms with Crippen molar-refractivity contribution in [1.82, 2.24) is 9.97 Å². The quantitative estimate of drug-likeness (QED) is 0.584. The number of hydrogen-bond donors (Lipinski definition) is 2. The molecule has 0 spiro atoms. The summed E-state index contributed by atoms with van der Waals surface area (Å²) < 4.78 is 16.0. The van der Waals surface area contributed by atoms with Crippen molar-refractivity contribution in [2.75, 3.05) is 12.1 Å². The molecule has 8 nitrogen and oxygen atoms in total. The Labute approximate surface area is 179 Å². The van der Waals surface area contributed by atoms with Gasteiger partial charge in [0.2, 0.25) is 6.79 Å². The third kappa shape index (κ3) is 4.37. The van der Waals surface area contributed by atoms with Gasteiger partial charge in [0.1, 0.15) is 5.82 Å². The first kappa shape index (κ1) is 20.5. The number of nitrogens with one attached hydrogen (secondary N) is 2. The van der Waals surface area contributed by atoms with Gasteiger partial charge in [-0.05, 0) is 44.5 Å². The Morgan fingerprint density at radius 2 is 1.87 bits per heavy atom. The van der Waals surface area contributed by atoms with Gasteiger partial charge in [-0.1, -0.05) is 19.1 Å². The molecule has 1 aromatic heterocycles. The third-order valence-corrected chi connectivity index (χ3v) is 5.07. The van der Waals surface area contributed by atoms with Crippen LogP contribution in [0.25, 0.3) is 11.4 Å². The van der Waals surface area contributed by atoms with Crippen LogP contribution in [0.2, 0.25) is 0 Å². The predicted octanol–water partition coefficient (Wildman–Crippen LogP) is 4.00. The first-order chi connectivity index (χ1) is 14.9. The Morgan fingerprint density at radius 3 is 2.55 bits per heavy atom. The summed E-state index contributed by atoms with van der Waals surface area (Å²) in [5, 5.41) is 2.75. The van der Waals surface area contributed by atoms with Gasteiger partial charge in [-0.3, -0.25) is 4.79 Å². The van der Waals surface area contributed by atoms with Crippen LogP contribution in [-0.4, -0.2) is 34.7 Å². The van der Waals surface area contributed by atoms with Crippen LogP contribution in [-0.2, 0) is 9.53 Å². The van der Waals surface area contributed by atoms with Crippen LogP contribution in [0.1, 0.15) is 35.1 Å². The summed E-state index contributed by atoms with van der Waals surface area (Å²) in [6.45, 7) is 5.82. The van der Waals surface area contributed by atoms with Gasteiger partial charge in [-0.15, -0.1) is 0 Å². The number of aromatic nitrogens is 2. The van der Waals surface area contributed by atoms with Gasteiger partial charge in [0.25, 0.3) is 5.91 Å². The van der Waals surface area contributed by atoms with E-state index in [2.05, 4.69) is 15.3 Å². The van der Waals surface area contributed by atoms with E-state index in [9.17, 15) is 9.59 Å². The number of anilines is 1. The standard InChI is InChI=1S/C23H23N3O5/c1-4-18(22(27)26-17-9-10-19-20(11-17)30-12-29-19)31-23(28)16-7-5-15(6-8-16)21-24-13(2)14(3)25-21/h5-11,18H,4,12H2,1-3H3,(H,24,25)(H,26,27). The minimum Gasteiger partial charge on any atom is -0.454 e. The molecular formula is C23H23N3O5. The molecule has 1 unspecified atom stereocenters. The van der Waals surface area contributed by atoms with E-state index in [1.165, 1.54) is 0 Å². The van der Waals surface area contributed by atoms with Gasteiger partial charge < -0.3 is 24.5 Å². The Kier molecular flexibility index (Phi) is 5.62. The Balaban J connectivity index is 1.40. The van der Waals surface area contributed by atoms with E-state index in [4.69, 9.17) is 14.2 Å². The van der Waals surface area contributed by atoms with Crippen molar-refractivity contribution in [3.63, 3.8) is 0 Å². The second-order valence-corrected chi connectivity index (χ2v) is 7.23. The molecular weight excluding hydrogens is 398 g/mol. The molecule has 0 saturated carbocycles. The number of carbonyl (C=O) groups excluding carboxylic acids is 2. The molecule has 0 radical (unpaired) electrons. The number of aromatic amines is 1. The van der Waals surface area contributed by atoms with Gasteiger partial charge in [-0.25, -0.2) is 9.78 Å². The topological polar surface area (TPSA) is 103 Å². The van der Waals surface area contributed by atoms with Crippen molar-refractivity contribution in [1.29, 1.82) is 0 Å². The lowest BCUT2D eigenvalue weighted by Gasteiger charge is -2.16. The number of carbonyl (C=O) groups is 2. The van der Waals surface area contributed by atoms with E-state index in [-0.39, 0.29) is 6.79 Å². The number of esters is 1. The molecule has 2 aromatic carbocycles. The molecule has 0 saturated heterocycles. The van der Waals surface area contributed by atoms with Crippen molar-refractivity contribution >= 4 is 17.6 Å². The molecule has 0 fully saturated rings. The van der Waals surface area contributed by atoms with Crippen molar-refractivity contribution in [2.24, 2.45) is 0 Å². The average Bonchev–Trinajstić information content (AvgIpc) is 3.37. The zero-order valence-corrected chi connectivity index (χ0v) is 17.5. The minimum absolute atomic E-state index is 0.153. The summed E-state index contributed by atoms with van der Waals surface area (Å²) in [7, 11) is 0. The van der Waals surface area contributed by atoms with Crippen molar-refractivity contribution in [2.45, 2.75) is 33.3 Å². The summed E-state index contributed by atoms with van der Waals surface area (Å²) in [6.07, 6.45) is -0.585. The van der Waals surface area contributed by atoms with Crippen LogP contribution in [0.15, 0.2) is 42.5 Å². The lowest BCUT2D eigenvalue weighted by Crippen LogP contribution is -2.32. The number of aryl methyl sites for hydroxylation is 2. The van der Waals surface area contributed by atoms with E-state index in [0.717, 1.165) is 22.8 Å². The van der Waals surface area contributed by atoms with Crippen LogP contribution < -0.4 is 14.8 Å². The van der Waals surface area contributed by atoms with Crippen LogP contribution in [0.3, 0.4) is 0 Å². The number of ether oxygens (including phenoxy) is 3. The molecule has 31 heavy (non-hydrogen) atoms. The van der Waals surface area contributed by atoms with E-state index < -0.39 is 18.0 Å². The van der Waals surface area contributed by atoms with Crippen molar-refractivity contribution < 1.29 is 23.8 Å². The number of hydrogen-bond acceptors (Lipinski definition) is 6. The summed E-state index contributed by atoms with van der Waals surface area (Å²) in [5.41, 5.74) is 3.69. The van der Waals surface area contributed by atoms with Gasteiger partial charge in [-0.2, -0.15) is 0 Å². The molecule has 1 aliphatic rings. The van der Waals surface area contributed by atoms with Crippen LogP contribution in [0.5, 0.6) is 11.5 Å². The van der Waals surface area contributed by atoms with Crippen molar-refractivity contribution in [3.8, 4) is 22.9 Å². The molecule has 1 atom stereocenters. The number of fused-ring (bicyclic) bond motifs is 1. The molecule has 1 aliphatic heterocycles. The van der Waals surface area contributed by atoms with Gasteiger partial charge in [0, 0.05) is 23.0 Å². The van der Waals surface area contributed by atoms with E-state index >= 15 is 0 Å². The third-order valence-electron chi connectivity index (χ3n) is 5.07. The van der Waals surface area contributed by atoms with Crippen LogP contribution in [0.4, 0.5) is 5.69 Å². The molecule has 8 heteroatoms. The second-order valence-electron chi connectivity index (χ2n) is 7.23. The molecule has 3 aromatic rings. The van der Waals surface area contributed by atoms with Crippen molar-refractivity contribution in [3.05, 3.63) is 59.4 Å². The number of nitrogens with zero attached hydrogens (tertiary/aromatic N) is 1. The molecule has 2 N–H and O–H groups in total. The normalized spacial score (nSPS) is 13.0. The maximum atomic E-state index is 12.6. The fourth-order valence-electron chi connectivity index (χ4n) is 3.17. The number of H-pyrrole nitrogens is 1. The minimum atomic E-state index is -0.923. The summed E-state index contributed by atoms with van der Waals surface area (Å²) in [4.78, 5) is 32.8. The maximum absolute atomic E-state index is 12.6. The summed E-state index contributed by atoms with van der Waals surface area (Å²) in [5.74, 6) is 0.952. The largest absolute Gasteiger partial charge is 0.454 e. The molecule has 0 bridgehead atoms. The lowest BCUT2D eigenvalue weighted by molar-refractivity contribution is -0.124. The zero-order chi connectivity index (χ0) is 22.0. The highest BCUT2D eigenvalue weighted by molar-refractivity contribution is 5.97. The highest BCUT2D eigenvalue weighted by Gasteiger charge is 2.23. The Bertz CT molecular complexity index is 1100. The fraction of sp³-hybridized carbons (Fsp3) is 0.261. The SMILES string of the molecule is CCC(OC(=O)c1ccc(-c2nc(C)c(C)[nH]2)cc1)C(=O)Nc1ccc2c(c1)OCO2. The Morgan fingerprint density at radius 1 is 1.13 bits per heavy atom. The summed E-state index contributed by atoms with van der Waals surface area (Å²) in [6, 6.07) is 12.0. The van der Waals surface area contributed by atoms with E-state index in [1.54, 1.807) is 49.4 Å². The maximum Gasteiger partial charge on any atom is 0.338 e. The average molecular weight is 421 g/mol. The van der Waals surface area contributed by atoms with E-state index in [0.29, 0.717) is 29.2 Å². The molecule has 160 valence electrons. The Hall–Kier alpha value is -3.81. The smallest absolute Gasteiger partial charge is 0.338 e. The van der Waals surface area contributed by atoms with Gasteiger partial charge in [0.15, 0.2) is 17.6 Å². The van der Waals surface area contributed by atoms with Crippen LogP contribution >= 0.6 is 0 Å². The second kappa shape index (κ2) is 8.51. The number of imidazole rings is 1. The number of benzene rings is 2. The molecule has 2 heterocycles. The van der Waals surface area contributed by atoms with Gasteiger partial charge in [0.05, 0.1) is 11.3 Å². The molecule has 4 rings (SSSR count). The number of amides is 1. The number of rotatable bonds is 6. The van der Waals surface area contributed by atoms with E-state index in [1.807, 2.05) is 13.8 Å². The molecule has 1 amide bonds. The van der Waals surface area contributed by atoms with Crippen LogP contribution in [0, 0.1) is 13.8 Å². The fourth-order valence-corrected chi connectivity index (χ4v) is 3.17. The lowest BCUT2D eigenvalue weighted by atomic mass is 10.1. The first-order valence-corrected chi connectivity index (χ1v) is 9.99.